The minimum Gasteiger partial charge on any atom is -0.491 e. The van der Waals surface area contributed by atoms with E-state index in [0.717, 1.165) is 18.7 Å². The summed E-state index contributed by atoms with van der Waals surface area (Å²) in [5, 5.41) is 3.30. The molecule has 1 unspecified atom stereocenters. The molecule has 2 aromatic rings. The molecular weight excluding hydrogens is 258 g/mol. The first-order chi connectivity index (χ1) is 10.2. The predicted molar refractivity (Wildman–Crippen MR) is 89.0 cm³/mol. The van der Waals surface area contributed by atoms with Gasteiger partial charge >= 0.3 is 0 Å². The van der Waals surface area contributed by atoms with Crippen molar-refractivity contribution in [3.8, 4) is 5.75 Å². The number of likely N-dealkylation sites (N-methyl/N-ethyl adjacent to an activating group) is 1. The van der Waals surface area contributed by atoms with Crippen LogP contribution in [0.5, 0.6) is 5.75 Å². The first-order valence-electron chi connectivity index (χ1n) is 7.64. The van der Waals surface area contributed by atoms with Crippen molar-refractivity contribution < 1.29 is 4.74 Å². The Morgan fingerprint density at radius 3 is 2.43 bits per heavy atom. The molecule has 0 aliphatic rings. The maximum Gasteiger partial charge on any atom is 0.119 e. The van der Waals surface area contributed by atoms with E-state index >= 15 is 0 Å². The van der Waals surface area contributed by atoms with Crippen LogP contribution in [-0.2, 0) is 6.42 Å². The summed E-state index contributed by atoms with van der Waals surface area (Å²) in [6, 6.07) is 19.1. The average Bonchev–Trinajstić information content (AvgIpc) is 2.47. The van der Waals surface area contributed by atoms with Crippen molar-refractivity contribution in [3.05, 3.63) is 65.7 Å². The second-order valence-corrected chi connectivity index (χ2v) is 5.68. The van der Waals surface area contributed by atoms with Crippen molar-refractivity contribution in [2.75, 3.05) is 13.6 Å². The highest BCUT2D eigenvalue weighted by Crippen LogP contribution is 2.23. The summed E-state index contributed by atoms with van der Waals surface area (Å²) in [5.41, 5.74) is 2.69. The fourth-order valence-corrected chi connectivity index (χ4v) is 2.58. The standard InChI is InChI=1S/C19H25NO/c1-15(2)21-19-11-7-8-16(13-19)12-18(14-20-3)17-9-5-4-6-10-17/h4-11,13,15,18,20H,12,14H2,1-3H3. The van der Waals surface area contributed by atoms with Gasteiger partial charge in [0.1, 0.15) is 5.75 Å². The summed E-state index contributed by atoms with van der Waals surface area (Å²) in [6.07, 6.45) is 1.22. The van der Waals surface area contributed by atoms with Crippen LogP contribution in [0, 0.1) is 0 Å². The van der Waals surface area contributed by atoms with E-state index in [1.165, 1.54) is 11.1 Å². The second kappa shape index (κ2) is 7.84. The van der Waals surface area contributed by atoms with Crippen LogP contribution in [-0.4, -0.2) is 19.7 Å². The normalized spacial score (nSPS) is 12.4. The van der Waals surface area contributed by atoms with E-state index in [1.54, 1.807) is 0 Å². The van der Waals surface area contributed by atoms with Gasteiger partial charge in [0.15, 0.2) is 0 Å². The molecule has 2 aromatic carbocycles. The van der Waals surface area contributed by atoms with Gasteiger partial charge in [-0.3, -0.25) is 0 Å². The number of rotatable bonds is 7. The van der Waals surface area contributed by atoms with Crippen molar-refractivity contribution >= 4 is 0 Å². The molecule has 0 radical (unpaired) electrons. The fourth-order valence-electron chi connectivity index (χ4n) is 2.58. The van der Waals surface area contributed by atoms with Crippen LogP contribution in [0.15, 0.2) is 54.6 Å². The predicted octanol–water partition coefficient (Wildman–Crippen LogP) is 4.02. The lowest BCUT2D eigenvalue weighted by Crippen LogP contribution is -2.19. The fraction of sp³-hybridized carbons (Fsp3) is 0.368. The van der Waals surface area contributed by atoms with E-state index < -0.39 is 0 Å². The number of hydrogen-bond donors (Lipinski definition) is 1. The van der Waals surface area contributed by atoms with Gasteiger partial charge in [0.2, 0.25) is 0 Å². The first kappa shape index (κ1) is 15.6. The molecule has 2 rings (SSSR count). The molecule has 1 N–H and O–H groups in total. The average molecular weight is 283 g/mol. The van der Waals surface area contributed by atoms with Crippen LogP contribution in [0.1, 0.15) is 30.9 Å². The number of ether oxygens (including phenoxy) is 1. The van der Waals surface area contributed by atoms with Gasteiger partial charge in [0.05, 0.1) is 6.10 Å². The lowest BCUT2D eigenvalue weighted by atomic mass is 9.92. The maximum atomic E-state index is 5.79. The summed E-state index contributed by atoms with van der Waals surface area (Å²) >= 11 is 0. The Morgan fingerprint density at radius 2 is 1.76 bits per heavy atom. The molecule has 21 heavy (non-hydrogen) atoms. The van der Waals surface area contributed by atoms with Gasteiger partial charge < -0.3 is 10.1 Å². The molecule has 0 aliphatic heterocycles. The molecule has 2 heteroatoms. The van der Waals surface area contributed by atoms with Crippen molar-refractivity contribution in [1.29, 1.82) is 0 Å². The van der Waals surface area contributed by atoms with E-state index in [1.807, 2.05) is 13.1 Å². The molecule has 0 aromatic heterocycles. The minimum absolute atomic E-state index is 0.211. The largest absolute Gasteiger partial charge is 0.491 e. The van der Waals surface area contributed by atoms with Crippen molar-refractivity contribution in [3.63, 3.8) is 0 Å². The van der Waals surface area contributed by atoms with E-state index in [-0.39, 0.29) is 6.10 Å². The van der Waals surface area contributed by atoms with Gasteiger partial charge in [-0.15, -0.1) is 0 Å². The molecule has 0 saturated carbocycles. The third-order valence-corrected chi connectivity index (χ3v) is 3.47. The third-order valence-electron chi connectivity index (χ3n) is 3.47. The smallest absolute Gasteiger partial charge is 0.119 e. The third kappa shape index (κ3) is 4.91. The molecule has 112 valence electrons. The van der Waals surface area contributed by atoms with E-state index in [9.17, 15) is 0 Å². The van der Waals surface area contributed by atoms with Crippen molar-refractivity contribution in [2.24, 2.45) is 0 Å². The molecule has 2 nitrogen and oxygen atoms in total. The van der Waals surface area contributed by atoms with Gasteiger partial charge in [0.25, 0.3) is 0 Å². The lowest BCUT2D eigenvalue weighted by molar-refractivity contribution is 0.242. The molecule has 0 saturated heterocycles. The van der Waals surface area contributed by atoms with Gasteiger partial charge in [-0.1, -0.05) is 42.5 Å². The highest BCUT2D eigenvalue weighted by molar-refractivity contribution is 5.31. The molecular formula is C19H25NO. The summed E-state index contributed by atoms with van der Waals surface area (Å²) in [5.74, 6) is 1.43. The van der Waals surface area contributed by atoms with Crippen molar-refractivity contribution in [1.82, 2.24) is 5.32 Å². The molecule has 0 bridgehead atoms. The van der Waals surface area contributed by atoms with Crippen LogP contribution in [0.2, 0.25) is 0 Å². The quantitative estimate of drug-likeness (QED) is 0.828. The Morgan fingerprint density at radius 1 is 1.00 bits per heavy atom. The van der Waals surface area contributed by atoms with Gasteiger partial charge in [-0.05, 0) is 50.6 Å². The Bertz CT molecular complexity index is 536. The zero-order valence-electron chi connectivity index (χ0n) is 13.2. The molecule has 0 heterocycles. The molecule has 0 aliphatic carbocycles. The van der Waals surface area contributed by atoms with Crippen molar-refractivity contribution in [2.45, 2.75) is 32.3 Å². The number of nitrogens with one attached hydrogen (secondary N) is 1. The molecule has 1 atom stereocenters. The Kier molecular flexibility index (Phi) is 5.82. The topological polar surface area (TPSA) is 21.3 Å². The summed E-state index contributed by atoms with van der Waals surface area (Å²) in [6.45, 7) is 5.08. The van der Waals surface area contributed by atoms with Crippen LogP contribution in [0.4, 0.5) is 0 Å². The number of benzene rings is 2. The summed E-state index contributed by atoms with van der Waals surface area (Å²) in [7, 11) is 2.01. The second-order valence-electron chi connectivity index (χ2n) is 5.68. The number of hydrogen-bond acceptors (Lipinski definition) is 2. The van der Waals surface area contributed by atoms with Gasteiger partial charge in [-0.2, -0.15) is 0 Å². The first-order valence-corrected chi connectivity index (χ1v) is 7.64. The van der Waals surface area contributed by atoms with E-state index in [0.29, 0.717) is 5.92 Å². The summed E-state index contributed by atoms with van der Waals surface area (Å²) < 4.78 is 5.79. The molecule has 0 amide bonds. The maximum absolute atomic E-state index is 5.79. The zero-order chi connectivity index (χ0) is 15.1. The highest BCUT2D eigenvalue weighted by atomic mass is 16.5. The SMILES string of the molecule is CNCC(Cc1cccc(OC(C)C)c1)c1ccccc1. The molecule has 0 fully saturated rings. The summed E-state index contributed by atoms with van der Waals surface area (Å²) in [4.78, 5) is 0. The monoisotopic (exact) mass is 283 g/mol. The van der Waals surface area contributed by atoms with Crippen LogP contribution in [0.3, 0.4) is 0 Å². The Labute approximate surface area is 128 Å². The van der Waals surface area contributed by atoms with Crippen LogP contribution in [0.25, 0.3) is 0 Å². The highest BCUT2D eigenvalue weighted by Gasteiger charge is 2.12. The van der Waals surface area contributed by atoms with Gasteiger partial charge in [-0.25, -0.2) is 0 Å². The van der Waals surface area contributed by atoms with Crippen LogP contribution < -0.4 is 10.1 Å². The lowest BCUT2D eigenvalue weighted by Gasteiger charge is -2.18. The van der Waals surface area contributed by atoms with Crippen LogP contribution >= 0.6 is 0 Å². The van der Waals surface area contributed by atoms with Gasteiger partial charge in [0, 0.05) is 12.5 Å². The molecule has 0 spiro atoms. The van der Waals surface area contributed by atoms with E-state index in [2.05, 4.69) is 67.7 Å². The minimum atomic E-state index is 0.211. The van der Waals surface area contributed by atoms with E-state index in [4.69, 9.17) is 4.74 Å². The Balaban J connectivity index is 2.13. The Hall–Kier alpha value is -1.80. The zero-order valence-corrected chi connectivity index (χ0v) is 13.2.